The summed E-state index contributed by atoms with van der Waals surface area (Å²) in [6, 6.07) is 3.73. The molecular formula is C13H17N5. The molecule has 3 rings (SSSR count). The van der Waals surface area contributed by atoms with Crippen molar-refractivity contribution in [2.24, 2.45) is 7.05 Å². The first-order valence-electron chi connectivity index (χ1n) is 6.37. The zero-order valence-electron chi connectivity index (χ0n) is 10.5. The number of rotatable bonds is 2. The number of aryl methyl sites for hydroxylation is 1. The summed E-state index contributed by atoms with van der Waals surface area (Å²) in [5.74, 6) is 2.30. The van der Waals surface area contributed by atoms with E-state index in [1.807, 2.05) is 23.9 Å². The molecule has 0 amide bonds. The van der Waals surface area contributed by atoms with Crippen LogP contribution < -0.4 is 5.73 Å². The number of hydrogen-bond acceptors (Lipinski definition) is 4. The smallest absolute Gasteiger partial charge is 0.176 e. The molecule has 18 heavy (non-hydrogen) atoms. The first-order chi connectivity index (χ1) is 8.74. The van der Waals surface area contributed by atoms with Gasteiger partial charge < -0.3 is 5.73 Å². The zero-order valence-corrected chi connectivity index (χ0v) is 10.5. The maximum absolute atomic E-state index is 5.64. The molecule has 0 radical (unpaired) electrons. The zero-order chi connectivity index (χ0) is 12.5. The third kappa shape index (κ3) is 1.96. The Kier molecular flexibility index (Phi) is 2.74. The summed E-state index contributed by atoms with van der Waals surface area (Å²) < 4.78 is 1.81. The third-order valence-electron chi connectivity index (χ3n) is 3.52. The number of nitrogens with two attached hydrogens (primary N) is 1. The van der Waals surface area contributed by atoms with Gasteiger partial charge >= 0.3 is 0 Å². The summed E-state index contributed by atoms with van der Waals surface area (Å²) in [6.45, 7) is 0. The molecule has 5 heteroatoms. The highest BCUT2D eigenvalue weighted by molar-refractivity contribution is 5.52. The summed E-state index contributed by atoms with van der Waals surface area (Å²) in [5, 5.41) is 4.53. The van der Waals surface area contributed by atoms with Crippen LogP contribution in [0.15, 0.2) is 18.3 Å². The van der Waals surface area contributed by atoms with Crippen molar-refractivity contribution in [2.75, 3.05) is 5.73 Å². The lowest BCUT2D eigenvalue weighted by Gasteiger charge is -2.00. The maximum atomic E-state index is 5.64. The number of aromatic nitrogens is 4. The highest BCUT2D eigenvalue weighted by Gasteiger charge is 2.22. The highest BCUT2D eigenvalue weighted by atomic mass is 15.3. The Morgan fingerprint density at radius 3 is 2.72 bits per heavy atom. The van der Waals surface area contributed by atoms with E-state index in [2.05, 4.69) is 15.1 Å². The minimum Gasteiger partial charge on any atom is -0.397 e. The predicted octanol–water partition coefficient (Wildman–Crippen LogP) is 2.12. The van der Waals surface area contributed by atoms with Crippen molar-refractivity contribution in [2.45, 2.75) is 31.6 Å². The topological polar surface area (TPSA) is 69.6 Å². The third-order valence-corrected chi connectivity index (χ3v) is 3.52. The van der Waals surface area contributed by atoms with Crippen LogP contribution in [0, 0.1) is 0 Å². The van der Waals surface area contributed by atoms with Crippen molar-refractivity contribution in [1.82, 2.24) is 19.7 Å². The molecule has 0 spiro atoms. The average Bonchev–Trinajstić information content (AvgIpc) is 2.99. The molecule has 0 atom stereocenters. The van der Waals surface area contributed by atoms with E-state index in [-0.39, 0.29) is 0 Å². The fourth-order valence-electron chi connectivity index (χ4n) is 2.52. The SMILES string of the molecule is Cn1nc(C2CCCC2)nc1-c1ccc(N)cn1. The summed E-state index contributed by atoms with van der Waals surface area (Å²) in [4.78, 5) is 8.94. The monoisotopic (exact) mass is 243 g/mol. The van der Waals surface area contributed by atoms with Gasteiger partial charge in [-0.1, -0.05) is 12.8 Å². The Hall–Kier alpha value is -1.91. The first kappa shape index (κ1) is 11.2. The van der Waals surface area contributed by atoms with E-state index in [1.165, 1.54) is 25.7 Å². The molecule has 2 aromatic heterocycles. The lowest BCUT2D eigenvalue weighted by atomic mass is 10.1. The van der Waals surface area contributed by atoms with Gasteiger partial charge in [-0.15, -0.1) is 0 Å². The molecule has 5 nitrogen and oxygen atoms in total. The number of anilines is 1. The normalized spacial score (nSPS) is 16.3. The molecule has 0 saturated heterocycles. The van der Waals surface area contributed by atoms with Crippen LogP contribution in [0.25, 0.3) is 11.5 Å². The van der Waals surface area contributed by atoms with E-state index >= 15 is 0 Å². The van der Waals surface area contributed by atoms with E-state index in [0.717, 1.165) is 17.3 Å². The molecule has 1 aliphatic rings. The maximum Gasteiger partial charge on any atom is 0.176 e. The predicted molar refractivity (Wildman–Crippen MR) is 69.9 cm³/mol. The molecule has 0 aliphatic heterocycles. The van der Waals surface area contributed by atoms with Crippen molar-refractivity contribution in [3.8, 4) is 11.5 Å². The molecule has 0 bridgehead atoms. The van der Waals surface area contributed by atoms with Crippen LogP contribution in [-0.2, 0) is 7.05 Å². The Balaban J connectivity index is 1.94. The second-order valence-electron chi connectivity index (χ2n) is 4.88. The number of nitrogens with zero attached hydrogens (tertiary/aromatic N) is 4. The first-order valence-corrected chi connectivity index (χ1v) is 6.37. The molecule has 0 unspecified atom stereocenters. The molecule has 1 saturated carbocycles. The van der Waals surface area contributed by atoms with E-state index < -0.39 is 0 Å². The number of pyridine rings is 1. The van der Waals surface area contributed by atoms with Gasteiger partial charge in [-0.25, -0.2) is 9.67 Å². The van der Waals surface area contributed by atoms with E-state index in [9.17, 15) is 0 Å². The Morgan fingerprint density at radius 2 is 2.06 bits per heavy atom. The second-order valence-corrected chi connectivity index (χ2v) is 4.88. The standard InChI is InChI=1S/C13H17N5/c1-18-13(11-7-6-10(14)8-15-11)16-12(17-18)9-4-2-3-5-9/h6-9H,2-5,14H2,1H3. The van der Waals surface area contributed by atoms with Gasteiger partial charge in [0.1, 0.15) is 5.69 Å². The van der Waals surface area contributed by atoms with E-state index in [0.29, 0.717) is 11.6 Å². The molecule has 1 aliphatic carbocycles. The van der Waals surface area contributed by atoms with Crippen molar-refractivity contribution in [1.29, 1.82) is 0 Å². The van der Waals surface area contributed by atoms with Crippen LogP contribution in [0.1, 0.15) is 37.4 Å². The average molecular weight is 243 g/mol. The van der Waals surface area contributed by atoms with Gasteiger partial charge in [0.25, 0.3) is 0 Å². The minimum absolute atomic E-state index is 0.527. The molecular weight excluding hydrogens is 226 g/mol. The van der Waals surface area contributed by atoms with Gasteiger partial charge in [-0.05, 0) is 25.0 Å². The largest absolute Gasteiger partial charge is 0.397 e. The van der Waals surface area contributed by atoms with Crippen LogP contribution in [0.4, 0.5) is 5.69 Å². The number of hydrogen-bond donors (Lipinski definition) is 1. The van der Waals surface area contributed by atoms with Crippen molar-refractivity contribution >= 4 is 5.69 Å². The molecule has 2 aromatic rings. The molecule has 0 aromatic carbocycles. The van der Waals surface area contributed by atoms with Gasteiger partial charge in [-0.2, -0.15) is 5.10 Å². The Bertz CT molecular complexity index is 537. The van der Waals surface area contributed by atoms with Gasteiger partial charge in [0.15, 0.2) is 11.6 Å². The van der Waals surface area contributed by atoms with Crippen LogP contribution >= 0.6 is 0 Å². The quantitative estimate of drug-likeness (QED) is 0.877. The Labute approximate surface area is 106 Å². The second kappa shape index (κ2) is 4.40. The fourth-order valence-corrected chi connectivity index (χ4v) is 2.52. The van der Waals surface area contributed by atoms with Crippen LogP contribution in [-0.4, -0.2) is 19.7 Å². The Morgan fingerprint density at radius 1 is 1.28 bits per heavy atom. The summed E-state index contributed by atoms with van der Waals surface area (Å²) in [5.41, 5.74) is 7.13. The van der Waals surface area contributed by atoms with Crippen molar-refractivity contribution in [3.05, 3.63) is 24.2 Å². The summed E-state index contributed by atoms with van der Waals surface area (Å²) in [7, 11) is 1.92. The summed E-state index contributed by atoms with van der Waals surface area (Å²) in [6.07, 6.45) is 6.65. The van der Waals surface area contributed by atoms with Gasteiger partial charge in [0.05, 0.1) is 11.9 Å². The fraction of sp³-hybridized carbons (Fsp3) is 0.462. The van der Waals surface area contributed by atoms with Gasteiger partial charge in [-0.3, -0.25) is 4.98 Å². The van der Waals surface area contributed by atoms with Crippen molar-refractivity contribution < 1.29 is 0 Å². The lowest BCUT2D eigenvalue weighted by Crippen LogP contribution is -1.98. The van der Waals surface area contributed by atoms with Crippen molar-refractivity contribution in [3.63, 3.8) is 0 Å². The summed E-state index contributed by atoms with van der Waals surface area (Å²) >= 11 is 0. The lowest BCUT2D eigenvalue weighted by molar-refractivity contribution is 0.648. The highest BCUT2D eigenvalue weighted by Crippen LogP contribution is 2.32. The molecule has 1 fully saturated rings. The van der Waals surface area contributed by atoms with E-state index in [4.69, 9.17) is 5.73 Å². The van der Waals surface area contributed by atoms with Crippen LogP contribution in [0.5, 0.6) is 0 Å². The van der Waals surface area contributed by atoms with Crippen LogP contribution in [0.3, 0.4) is 0 Å². The minimum atomic E-state index is 0.527. The van der Waals surface area contributed by atoms with Gasteiger partial charge in [0.2, 0.25) is 0 Å². The molecule has 2 N–H and O–H groups in total. The number of nitrogen functional groups attached to an aromatic ring is 1. The van der Waals surface area contributed by atoms with Crippen LogP contribution in [0.2, 0.25) is 0 Å². The van der Waals surface area contributed by atoms with E-state index in [1.54, 1.807) is 6.20 Å². The van der Waals surface area contributed by atoms with Gasteiger partial charge in [0, 0.05) is 13.0 Å². The molecule has 2 heterocycles. The molecule has 94 valence electrons.